The van der Waals surface area contributed by atoms with Crippen molar-refractivity contribution in [3.63, 3.8) is 0 Å². The van der Waals surface area contributed by atoms with Crippen molar-refractivity contribution in [1.82, 2.24) is 5.32 Å². The van der Waals surface area contributed by atoms with E-state index < -0.39 is 0 Å². The maximum absolute atomic E-state index is 5.70. The summed E-state index contributed by atoms with van der Waals surface area (Å²) in [5.41, 5.74) is 0. The topological polar surface area (TPSA) is 33.6 Å². The van der Waals surface area contributed by atoms with Crippen molar-refractivity contribution in [2.75, 3.05) is 19.7 Å². The van der Waals surface area contributed by atoms with E-state index in [9.17, 15) is 0 Å². The van der Waals surface area contributed by atoms with Gasteiger partial charge in [0, 0.05) is 6.42 Å². The summed E-state index contributed by atoms with van der Waals surface area (Å²) in [5.74, 6) is 2.53. The maximum Gasteiger partial charge on any atom is 0.183 e. The van der Waals surface area contributed by atoms with Crippen LogP contribution in [-0.4, -0.2) is 31.6 Å². The van der Waals surface area contributed by atoms with Crippen LogP contribution in [0, 0.1) is 11.8 Å². The molecule has 1 fully saturated rings. The Labute approximate surface area is 98.7 Å². The molecule has 2 aliphatic heterocycles. The monoisotopic (exact) mass is 224 g/mol. The van der Waals surface area contributed by atoms with Gasteiger partial charge in [-0.1, -0.05) is 13.8 Å². The molecule has 16 heavy (non-hydrogen) atoms. The first-order valence-electron chi connectivity index (χ1n) is 6.64. The van der Waals surface area contributed by atoms with E-state index in [0.29, 0.717) is 6.04 Å². The first-order chi connectivity index (χ1) is 7.74. The Balaban J connectivity index is 1.77. The van der Waals surface area contributed by atoms with Crippen molar-refractivity contribution in [3.05, 3.63) is 0 Å². The summed E-state index contributed by atoms with van der Waals surface area (Å²) in [6, 6.07) is 0.428. The highest BCUT2D eigenvalue weighted by atomic mass is 16.5. The molecular weight excluding hydrogens is 200 g/mol. The molecule has 2 heterocycles. The third kappa shape index (κ3) is 3.48. The van der Waals surface area contributed by atoms with Crippen LogP contribution in [0.1, 0.15) is 39.5 Å². The van der Waals surface area contributed by atoms with E-state index in [1.807, 2.05) is 0 Å². The average Bonchev–Trinajstić information content (AvgIpc) is 2.66. The molecule has 2 rings (SSSR count). The Morgan fingerprint density at radius 1 is 1.38 bits per heavy atom. The molecular formula is C13H24N2O. The van der Waals surface area contributed by atoms with Gasteiger partial charge in [0.2, 0.25) is 0 Å². The zero-order valence-electron chi connectivity index (χ0n) is 10.5. The molecule has 3 nitrogen and oxygen atoms in total. The highest BCUT2D eigenvalue weighted by molar-refractivity contribution is 5.77. The minimum absolute atomic E-state index is 0.428. The largest absolute Gasteiger partial charge is 0.479 e. The quantitative estimate of drug-likeness (QED) is 0.794. The number of aliphatic imine (C=N–C) groups is 1. The van der Waals surface area contributed by atoms with Crippen molar-refractivity contribution in [2.24, 2.45) is 16.8 Å². The molecule has 0 aromatic rings. The van der Waals surface area contributed by atoms with Gasteiger partial charge in [0.15, 0.2) is 5.90 Å². The number of rotatable bonds is 4. The highest BCUT2D eigenvalue weighted by Crippen LogP contribution is 2.21. The van der Waals surface area contributed by atoms with E-state index in [1.165, 1.54) is 12.8 Å². The Bertz CT molecular complexity index is 244. The molecule has 1 atom stereocenters. The minimum Gasteiger partial charge on any atom is -0.479 e. The lowest BCUT2D eigenvalue weighted by atomic mass is 9.95. The number of nitrogens with zero attached hydrogens (tertiary/aromatic N) is 1. The summed E-state index contributed by atoms with van der Waals surface area (Å²) in [6.07, 6.45) is 4.78. The fourth-order valence-electron chi connectivity index (χ4n) is 2.58. The Morgan fingerprint density at radius 3 is 2.81 bits per heavy atom. The molecule has 0 aromatic carbocycles. The van der Waals surface area contributed by atoms with Crippen LogP contribution in [0.15, 0.2) is 4.99 Å². The zero-order valence-corrected chi connectivity index (χ0v) is 10.5. The molecule has 0 aliphatic carbocycles. The van der Waals surface area contributed by atoms with Crippen molar-refractivity contribution in [3.8, 4) is 0 Å². The molecule has 3 heteroatoms. The van der Waals surface area contributed by atoms with Gasteiger partial charge in [-0.3, -0.25) is 0 Å². The minimum atomic E-state index is 0.428. The lowest BCUT2D eigenvalue weighted by Crippen LogP contribution is -2.28. The van der Waals surface area contributed by atoms with E-state index in [4.69, 9.17) is 9.73 Å². The number of hydrogen-bond acceptors (Lipinski definition) is 3. The highest BCUT2D eigenvalue weighted by Gasteiger charge is 2.23. The van der Waals surface area contributed by atoms with Crippen LogP contribution >= 0.6 is 0 Å². The van der Waals surface area contributed by atoms with Crippen molar-refractivity contribution < 1.29 is 4.74 Å². The number of ether oxygens (including phenoxy) is 1. The molecule has 0 bridgehead atoms. The molecule has 1 saturated heterocycles. The standard InChI is InChI=1S/C13H24N2O/c1-10(2)7-12-9-16-13(15-12)8-11-3-5-14-6-4-11/h10-12,14H,3-9H2,1-2H3. The van der Waals surface area contributed by atoms with E-state index >= 15 is 0 Å². The van der Waals surface area contributed by atoms with Gasteiger partial charge in [0.05, 0.1) is 6.04 Å². The number of hydrogen-bond donors (Lipinski definition) is 1. The number of nitrogens with one attached hydrogen (secondary N) is 1. The summed E-state index contributed by atoms with van der Waals surface area (Å²) in [7, 11) is 0. The first kappa shape index (κ1) is 11.9. The van der Waals surface area contributed by atoms with Crippen LogP contribution in [0.2, 0.25) is 0 Å². The fraction of sp³-hybridized carbons (Fsp3) is 0.923. The number of piperidine rings is 1. The Kier molecular flexibility index (Phi) is 4.22. The van der Waals surface area contributed by atoms with Crippen molar-refractivity contribution >= 4 is 5.90 Å². The third-order valence-electron chi connectivity index (χ3n) is 3.43. The van der Waals surface area contributed by atoms with Crippen LogP contribution < -0.4 is 5.32 Å². The van der Waals surface area contributed by atoms with Gasteiger partial charge in [-0.25, -0.2) is 4.99 Å². The first-order valence-corrected chi connectivity index (χ1v) is 6.64. The van der Waals surface area contributed by atoms with Crippen molar-refractivity contribution in [1.29, 1.82) is 0 Å². The molecule has 0 saturated carbocycles. The summed E-state index contributed by atoms with van der Waals surface area (Å²) >= 11 is 0. The Hall–Kier alpha value is -0.570. The average molecular weight is 224 g/mol. The van der Waals surface area contributed by atoms with E-state index in [-0.39, 0.29) is 0 Å². The molecule has 2 aliphatic rings. The zero-order chi connectivity index (χ0) is 11.4. The van der Waals surface area contributed by atoms with Crippen LogP contribution in [0.3, 0.4) is 0 Å². The maximum atomic E-state index is 5.70. The molecule has 0 amide bonds. The van der Waals surface area contributed by atoms with E-state index in [2.05, 4.69) is 19.2 Å². The molecule has 92 valence electrons. The van der Waals surface area contributed by atoms with Crippen LogP contribution in [-0.2, 0) is 4.74 Å². The SMILES string of the molecule is CC(C)CC1COC(CC2CCNCC2)=N1. The second-order valence-electron chi connectivity index (χ2n) is 5.51. The smallest absolute Gasteiger partial charge is 0.183 e. The second-order valence-corrected chi connectivity index (χ2v) is 5.51. The molecule has 1 unspecified atom stereocenters. The lowest BCUT2D eigenvalue weighted by Gasteiger charge is -2.21. The van der Waals surface area contributed by atoms with E-state index in [1.54, 1.807) is 0 Å². The summed E-state index contributed by atoms with van der Waals surface area (Å²) < 4.78 is 5.70. The predicted octanol–water partition coefficient (Wildman–Crippen LogP) is 2.22. The van der Waals surface area contributed by atoms with Gasteiger partial charge in [-0.2, -0.15) is 0 Å². The predicted molar refractivity (Wildman–Crippen MR) is 66.8 cm³/mol. The molecule has 0 spiro atoms. The Morgan fingerprint density at radius 2 is 2.12 bits per heavy atom. The lowest BCUT2D eigenvalue weighted by molar-refractivity contribution is 0.282. The van der Waals surface area contributed by atoms with Gasteiger partial charge in [0.25, 0.3) is 0 Å². The van der Waals surface area contributed by atoms with Crippen LogP contribution in [0.5, 0.6) is 0 Å². The van der Waals surface area contributed by atoms with Gasteiger partial charge in [-0.05, 0) is 44.2 Å². The van der Waals surface area contributed by atoms with Crippen LogP contribution in [0.4, 0.5) is 0 Å². The molecule has 0 aromatic heterocycles. The third-order valence-corrected chi connectivity index (χ3v) is 3.43. The van der Waals surface area contributed by atoms with Crippen molar-refractivity contribution in [2.45, 2.75) is 45.6 Å². The summed E-state index contributed by atoms with van der Waals surface area (Å²) in [6.45, 7) is 7.64. The van der Waals surface area contributed by atoms with Gasteiger partial charge in [-0.15, -0.1) is 0 Å². The molecule has 0 radical (unpaired) electrons. The van der Waals surface area contributed by atoms with Gasteiger partial charge in [0.1, 0.15) is 6.61 Å². The molecule has 1 N–H and O–H groups in total. The normalized spacial score (nSPS) is 26.9. The van der Waals surface area contributed by atoms with E-state index in [0.717, 1.165) is 50.3 Å². The van der Waals surface area contributed by atoms with Gasteiger partial charge >= 0.3 is 0 Å². The van der Waals surface area contributed by atoms with Crippen LogP contribution in [0.25, 0.3) is 0 Å². The van der Waals surface area contributed by atoms with Gasteiger partial charge < -0.3 is 10.1 Å². The fourth-order valence-corrected chi connectivity index (χ4v) is 2.58. The second kappa shape index (κ2) is 5.67. The summed E-state index contributed by atoms with van der Waals surface area (Å²) in [5, 5.41) is 3.39. The summed E-state index contributed by atoms with van der Waals surface area (Å²) in [4.78, 5) is 4.70.